The van der Waals surface area contributed by atoms with Crippen LogP contribution in [0.5, 0.6) is 0 Å². The smallest absolute Gasteiger partial charge is 0.0817 e. The van der Waals surface area contributed by atoms with Gasteiger partial charge in [0.25, 0.3) is 0 Å². The minimum Gasteiger partial charge on any atom is -0.394 e. The second kappa shape index (κ2) is 2.80. The standard InChI is InChI=1S/C5H9BrO2/c6-4-1-5(2-7)8-3-4/h4-5,7H,1-3H2/t4-,5-/m0/s1. The van der Waals surface area contributed by atoms with Crippen molar-refractivity contribution in [2.24, 2.45) is 0 Å². The highest BCUT2D eigenvalue weighted by Crippen LogP contribution is 2.18. The van der Waals surface area contributed by atoms with Crippen molar-refractivity contribution >= 4 is 15.9 Å². The van der Waals surface area contributed by atoms with E-state index in [0.717, 1.165) is 13.0 Å². The van der Waals surface area contributed by atoms with Crippen molar-refractivity contribution in [2.45, 2.75) is 17.4 Å². The number of alkyl halides is 1. The zero-order valence-corrected chi connectivity index (χ0v) is 6.10. The molecule has 1 rings (SSSR count). The van der Waals surface area contributed by atoms with E-state index >= 15 is 0 Å². The Bertz CT molecular complexity index is 76.8. The molecule has 0 radical (unpaired) electrons. The lowest BCUT2D eigenvalue weighted by Crippen LogP contribution is -2.09. The zero-order valence-electron chi connectivity index (χ0n) is 4.51. The summed E-state index contributed by atoms with van der Waals surface area (Å²) in [5.41, 5.74) is 0. The molecule has 0 aromatic rings. The van der Waals surface area contributed by atoms with Gasteiger partial charge in [0.1, 0.15) is 0 Å². The average Bonchev–Trinajstić information content (AvgIpc) is 2.14. The van der Waals surface area contributed by atoms with Crippen LogP contribution in [0.3, 0.4) is 0 Å². The summed E-state index contributed by atoms with van der Waals surface area (Å²) in [5.74, 6) is 0. The summed E-state index contributed by atoms with van der Waals surface area (Å²) in [4.78, 5) is 0.458. The average molecular weight is 181 g/mol. The van der Waals surface area contributed by atoms with E-state index < -0.39 is 0 Å². The Labute approximate surface area is 57.0 Å². The van der Waals surface area contributed by atoms with Gasteiger partial charge in [0, 0.05) is 4.83 Å². The van der Waals surface area contributed by atoms with E-state index in [2.05, 4.69) is 15.9 Å². The maximum absolute atomic E-state index is 8.54. The van der Waals surface area contributed by atoms with E-state index in [1.807, 2.05) is 0 Å². The minimum absolute atomic E-state index is 0.0828. The van der Waals surface area contributed by atoms with Gasteiger partial charge < -0.3 is 9.84 Å². The van der Waals surface area contributed by atoms with Crippen LogP contribution < -0.4 is 0 Å². The molecule has 0 unspecified atom stereocenters. The molecule has 48 valence electrons. The second-order valence-electron chi connectivity index (χ2n) is 1.97. The van der Waals surface area contributed by atoms with Gasteiger partial charge in [-0.25, -0.2) is 0 Å². The summed E-state index contributed by atoms with van der Waals surface area (Å²) in [6.45, 7) is 0.896. The summed E-state index contributed by atoms with van der Waals surface area (Å²) in [6.07, 6.45) is 1.02. The van der Waals surface area contributed by atoms with Crippen molar-refractivity contribution < 1.29 is 9.84 Å². The Morgan fingerprint density at radius 1 is 1.75 bits per heavy atom. The van der Waals surface area contributed by atoms with Gasteiger partial charge in [-0.05, 0) is 6.42 Å². The van der Waals surface area contributed by atoms with Crippen LogP contribution >= 0.6 is 15.9 Å². The molecule has 2 atom stereocenters. The van der Waals surface area contributed by atoms with Crippen molar-refractivity contribution in [2.75, 3.05) is 13.2 Å². The Morgan fingerprint density at radius 3 is 2.75 bits per heavy atom. The Hall–Kier alpha value is 0.400. The Morgan fingerprint density at radius 2 is 2.50 bits per heavy atom. The largest absolute Gasteiger partial charge is 0.394 e. The van der Waals surface area contributed by atoms with Crippen molar-refractivity contribution in [3.05, 3.63) is 0 Å². The van der Waals surface area contributed by atoms with E-state index in [1.165, 1.54) is 0 Å². The summed E-state index contributed by atoms with van der Waals surface area (Å²) in [6, 6.07) is 0. The third-order valence-electron chi connectivity index (χ3n) is 1.24. The van der Waals surface area contributed by atoms with Crippen molar-refractivity contribution in [3.8, 4) is 0 Å². The number of ether oxygens (including phenoxy) is 1. The number of rotatable bonds is 1. The number of hydrogen-bond acceptors (Lipinski definition) is 2. The molecule has 0 spiro atoms. The lowest BCUT2D eigenvalue weighted by molar-refractivity contribution is 0.0593. The molecule has 0 amide bonds. The van der Waals surface area contributed by atoms with Gasteiger partial charge in [0.15, 0.2) is 0 Å². The number of aliphatic hydroxyl groups is 1. The molecule has 1 saturated heterocycles. The zero-order chi connectivity index (χ0) is 5.98. The first-order chi connectivity index (χ1) is 3.83. The van der Waals surface area contributed by atoms with E-state index in [4.69, 9.17) is 9.84 Å². The molecule has 1 heterocycles. The fourth-order valence-corrected chi connectivity index (χ4v) is 1.36. The molecule has 8 heavy (non-hydrogen) atoms. The summed E-state index contributed by atoms with van der Waals surface area (Å²) < 4.78 is 5.12. The molecular weight excluding hydrogens is 172 g/mol. The fraction of sp³-hybridized carbons (Fsp3) is 1.00. The number of aliphatic hydroxyl groups excluding tert-OH is 1. The van der Waals surface area contributed by atoms with Gasteiger partial charge >= 0.3 is 0 Å². The van der Waals surface area contributed by atoms with E-state index in [1.54, 1.807) is 0 Å². The van der Waals surface area contributed by atoms with Crippen LogP contribution in [0.25, 0.3) is 0 Å². The van der Waals surface area contributed by atoms with Crippen LogP contribution in [0.2, 0.25) is 0 Å². The first-order valence-corrected chi connectivity index (χ1v) is 3.61. The maximum Gasteiger partial charge on any atom is 0.0817 e. The van der Waals surface area contributed by atoms with Gasteiger partial charge in [-0.2, -0.15) is 0 Å². The molecule has 0 saturated carbocycles. The minimum atomic E-state index is 0.0828. The molecule has 1 aliphatic rings. The van der Waals surface area contributed by atoms with Crippen LogP contribution in [0.1, 0.15) is 6.42 Å². The Balaban J connectivity index is 2.22. The van der Waals surface area contributed by atoms with Gasteiger partial charge in [-0.1, -0.05) is 15.9 Å². The van der Waals surface area contributed by atoms with Crippen molar-refractivity contribution in [1.82, 2.24) is 0 Å². The fourth-order valence-electron chi connectivity index (χ4n) is 0.789. The van der Waals surface area contributed by atoms with Crippen LogP contribution in [0, 0.1) is 0 Å². The molecule has 2 nitrogen and oxygen atoms in total. The monoisotopic (exact) mass is 180 g/mol. The molecule has 0 bridgehead atoms. The predicted molar refractivity (Wildman–Crippen MR) is 34.2 cm³/mol. The number of halogens is 1. The molecule has 3 heteroatoms. The van der Waals surface area contributed by atoms with Crippen molar-refractivity contribution in [3.63, 3.8) is 0 Å². The van der Waals surface area contributed by atoms with Crippen LogP contribution in [-0.2, 0) is 4.74 Å². The lowest BCUT2D eigenvalue weighted by atomic mass is 10.2. The molecule has 0 aliphatic carbocycles. The second-order valence-corrected chi connectivity index (χ2v) is 3.27. The SMILES string of the molecule is OC[C@@H]1C[C@H](Br)CO1. The highest BCUT2D eigenvalue weighted by atomic mass is 79.9. The van der Waals surface area contributed by atoms with E-state index in [9.17, 15) is 0 Å². The Kier molecular flexibility index (Phi) is 2.28. The highest BCUT2D eigenvalue weighted by molar-refractivity contribution is 9.09. The normalized spacial score (nSPS) is 38.2. The molecule has 1 aliphatic heterocycles. The van der Waals surface area contributed by atoms with E-state index in [-0.39, 0.29) is 12.7 Å². The summed E-state index contributed by atoms with van der Waals surface area (Å²) in [7, 11) is 0. The number of hydrogen-bond donors (Lipinski definition) is 1. The first kappa shape index (κ1) is 6.52. The summed E-state index contributed by atoms with van der Waals surface area (Å²) in [5, 5.41) is 8.54. The van der Waals surface area contributed by atoms with Crippen LogP contribution in [-0.4, -0.2) is 29.3 Å². The van der Waals surface area contributed by atoms with Crippen LogP contribution in [0.15, 0.2) is 0 Å². The van der Waals surface area contributed by atoms with Gasteiger partial charge in [0.2, 0.25) is 0 Å². The topological polar surface area (TPSA) is 29.5 Å². The third-order valence-corrected chi connectivity index (χ3v) is 1.87. The molecule has 1 fully saturated rings. The summed E-state index contributed by atoms with van der Waals surface area (Å²) >= 11 is 3.38. The quantitative estimate of drug-likeness (QED) is 0.598. The highest BCUT2D eigenvalue weighted by Gasteiger charge is 2.21. The van der Waals surface area contributed by atoms with Gasteiger partial charge in [-0.3, -0.25) is 0 Å². The molecule has 1 N–H and O–H groups in total. The predicted octanol–water partition coefficient (Wildman–Crippen LogP) is 0.531. The van der Waals surface area contributed by atoms with Crippen molar-refractivity contribution in [1.29, 1.82) is 0 Å². The maximum atomic E-state index is 8.54. The first-order valence-electron chi connectivity index (χ1n) is 2.69. The van der Waals surface area contributed by atoms with Gasteiger partial charge in [0.05, 0.1) is 19.3 Å². The lowest BCUT2D eigenvalue weighted by Gasteiger charge is -2.00. The molecule has 0 aromatic carbocycles. The molecular formula is C5H9BrO2. The van der Waals surface area contributed by atoms with Gasteiger partial charge in [-0.15, -0.1) is 0 Å². The van der Waals surface area contributed by atoms with Crippen LogP contribution in [0.4, 0.5) is 0 Å². The third kappa shape index (κ3) is 1.44. The molecule has 0 aromatic heterocycles. The van der Waals surface area contributed by atoms with E-state index in [0.29, 0.717) is 4.83 Å².